The Balaban J connectivity index is 1.66. The Morgan fingerprint density at radius 3 is 2.65 bits per heavy atom. The van der Waals surface area contributed by atoms with Crippen molar-refractivity contribution in [1.82, 2.24) is 4.90 Å². The molecule has 1 heterocycles. The lowest BCUT2D eigenvalue weighted by atomic mass is 9.72. The van der Waals surface area contributed by atoms with E-state index in [1.165, 1.54) is 16.7 Å². The second kappa shape index (κ2) is 5.46. The summed E-state index contributed by atoms with van der Waals surface area (Å²) in [5.74, 6) is 0.00571. The maximum Gasteiger partial charge on any atom is 0.242 e. The molecule has 2 aromatic rings. The Hall–Kier alpha value is -2.20. The van der Waals surface area contributed by atoms with Crippen LogP contribution < -0.4 is 0 Å². The molecule has 0 aromatic heterocycles. The van der Waals surface area contributed by atoms with Crippen LogP contribution in [0.2, 0.25) is 0 Å². The number of benzene rings is 2. The largest absolute Gasteiger partial charge is 0.291 e. The van der Waals surface area contributed by atoms with Gasteiger partial charge in [0.05, 0.1) is 12.5 Å². The fourth-order valence-corrected chi connectivity index (χ4v) is 4.32. The fraction of sp³-hybridized carbons (Fsp3) is 0.368. The minimum Gasteiger partial charge on any atom is -0.291 e. The van der Waals surface area contributed by atoms with Gasteiger partial charge < -0.3 is 0 Å². The molecule has 1 fully saturated rings. The van der Waals surface area contributed by atoms with E-state index in [1.807, 2.05) is 30.3 Å². The van der Waals surface area contributed by atoms with Gasteiger partial charge in [-0.25, -0.2) is 0 Å². The van der Waals surface area contributed by atoms with Gasteiger partial charge >= 0.3 is 0 Å². The van der Waals surface area contributed by atoms with Crippen LogP contribution in [0.3, 0.4) is 0 Å². The lowest BCUT2D eigenvalue weighted by molar-refractivity contribution is -0.571. The van der Waals surface area contributed by atoms with Crippen LogP contribution in [0.5, 0.6) is 0 Å². The molecule has 4 rings (SSSR count). The summed E-state index contributed by atoms with van der Waals surface area (Å²) < 4.78 is 0. The van der Waals surface area contributed by atoms with Crippen molar-refractivity contribution in [2.75, 3.05) is 13.1 Å². The molecule has 2 atom stereocenters. The zero-order valence-corrected chi connectivity index (χ0v) is 13.0. The number of nitro groups is 1. The second-order valence-corrected chi connectivity index (χ2v) is 6.77. The van der Waals surface area contributed by atoms with Crippen LogP contribution in [-0.4, -0.2) is 28.5 Å². The van der Waals surface area contributed by atoms with Crippen molar-refractivity contribution in [1.29, 1.82) is 0 Å². The van der Waals surface area contributed by atoms with Crippen LogP contribution in [0.1, 0.15) is 29.0 Å². The first kappa shape index (κ1) is 14.4. The van der Waals surface area contributed by atoms with Crippen LogP contribution in [-0.2, 0) is 13.0 Å². The highest BCUT2D eigenvalue weighted by Crippen LogP contribution is 2.46. The number of nitrogens with zero attached hydrogens (tertiary/aromatic N) is 2. The molecule has 0 unspecified atom stereocenters. The number of rotatable bonds is 3. The third kappa shape index (κ3) is 2.34. The van der Waals surface area contributed by atoms with Crippen LogP contribution in [0.25, 0.3) is 0 Å². The Bertz CT molecular complexity index is 731. The predicted molar refractivity (Wildman–Crippen MR) is 88.9 cm³/mol. The molecule has 23 heavy (non-hydrogen) atoms. The predicted octanol–water partition coefficient (Wildman–Crippen LogP) is 3.25. The van der Waals surface area contributed by atoms with Crippen molar-refractivity contribution in [2.24, 2.45) is 0 Å². The van der Waals surface area contributed by atoms with E-state index in [2.05, 4.69) is 29.2 Å². The molecule has 4 heteroatoms. The lowest BCUT2D eigenvalue weighted by Crippen LogP contribution is -2.47. The van der Waals surface area contributed by atoms with E-state index in [0.717, 1.165) is 19.5 Å². The number of likely N-dealkylation sites (tertiary alicyclic amines) is 1. The molecule has 0 saturated carbocycles. The zero-order chi connectivity index (χ0) is 15.9. The number of hydrogen-bond donors (Lipinski definition) is 0. The first-order chi connectivity index (χ1) is 11.2. The van der Waals surface area contributed by atoms with Crippen molar-refractivity contribution >= 4 is 0 Å². The first-order valence-corrected chi connectivity index (χ1v) is 8.18. The molecular weight excluding hydrogens is 288 g/mol. The molecule has 0 amide bonds. The van der Waals surface area contributed by atoms with E-state index >= 15 is 0 Å². The highest BCUT2D eigenvalue weighted by molar-refractivity contribution is 5.38. The van der Waals surface area contributed by atoms with Crippen molar-refractivity contribution in [3.05, 3.63) is 81.4 Å². The molecule has 1 aliphatic carbocycles. The normalized spacial score (nSPS) is 26.5. The van der Waals surface area contributed by atoms with Crippen molar-refractivity contribution in [3.63, 3.8) is 0 Å². The SMILES string of the molecule is O=[N+]([O-])[C@@]12CCc3ccccc3[C@H]1CN(Cc1ccccc1)C2. The van der Waals surface area contributed by atoms with Crippen molar-refractivity contribution in [3.8, 4) is 0 Å². The smallest absolute Gasteiger partial charge is 0.242 e. The molecule has 1 aliphatic heterocycles. The maximum absolute atomic E-state index is 11.9. The summed E-state index contributed by atoms with van der Waals surface area (Å²) in [6.07, 6.45) is 1.46. The quantitative estimate of drug-likeness (QED) is 0.646. The van der Waals surface area contributed by atoms with Gasteiger partial charge in [-0.15, -0.1) is 0 Å². The third-order valence-corrected chi connectivity index (χ3v) is 5.46. The van der Waals surface area contributed by atoms with Crippen LogP contribution in [0, 0.1) is 10.1 Å². The summed E-state index contributed by atoms with van der Waals surface area (Å²) in [6, 6.07) is 18.5. The highest BCUT2D eigenvalue weighted by Gasteiger charge is 2.58. The molecular formula is C19H20N2O2. The average Bonchev–Trinajstić information content (AvgIpc) is 2.96. The Labute approximate surface area is 135 Å². The molecule has 0 radical (unpaired) electrons. The summed E-state index contributed by atoms with van der Waals surface area (Å²) in [5.41, 5.74) is 2.88. The number of fused-ring (bicyclic) bond motifs is 3. The third-order valence-electron chi connectivity index (χ3n) is 5.46. The maximum atomic E-state index is 11.9. The van der Waals surface area contributed by atoms with E-state index in [9.17, 15) is 10.1 Å². The zero-order valence-electron chi connectivity index (χ0n) is 13.0. The summed E-state index contributed by atoms with van der Waals surface area (Å²) >= 11 is 0. The summed E-state index contributed by atoms with van der Waals surface area (Å²) in [6.45, 7) is 2.11. The molecule has 4 nitrogen and oxygen atoms in total. The van der Waals surface area contributed by atoms with E-state index < -0.39 is 5.54 Å². The molecule has 2 aliphatic rings. The van der Waals surface area contributed by atoms with Crippen LogP contribution in [0.15, 0.2) is 54.6 Å². The van der Waals surface area contributed by atoms with E-state index in [4.69, 9.17) is 0 Å². The lowest BCUT2D eigenvalue weighted by Gasteiger charge is -2.32. The van der Waals surface area contributed by atoms with Crippen molar-refractivity contribution in [2.45, 2.75) is 30.8 Å². The highest BCUT2D eigenvalue weighted by atomic mass is 16.6. The van der Waals surface area contributed by atoms with Gasteiger partial charge in [-0.1, -0.05) is 54.6 Å². The minimum atomic E-state index is -0.816. The number of aryl methyl sites for hydroxylation is 1. The minimum absolute atomic E-state index is 0.00139. The molecule has 1 saturated heterocycles. The Kier molecular flexibility index (Phi) is 3.42. The molecule has 0 spiro atoms. The Morgan fingerprint density at radius 2 is 1.87 bits per heavy atom. The van der Waals surface area contributed by atoms with E-state index in [0.29, 0.717) is 13.0 Å². The monoisotopic (exact) mass is 308 g/mol. The molecule has 0 N–H and O–H groups in total. The number of hydrogen-bond acceptors (Lipinski definition) is 3. The molecule has 118 valence electrons. The van der Waals surface area contributed by atoms with Crippen LogP contribution in [0.4, 0.5) is 0 Å². The summed E-state index contributed by atoms with van der Waals surface area (Å²) in [7, 11) is 0. The van der Waals surface area contributed by atoms with Gasteiger partial charge in [0.1, 0.15) is 0 Å². The average molecular weight is 308 g/mol. The van der Waals surface area contributed by atoms with Crippen molar-refractivity contribution < 1.29 is 4.92 Å². The van der Waals surface area contributed by atoms with Crippen LogP contribution >= 0.6 is 0 Å². The van der Waals surface area contributed by atoms with E-state index in [1.54, 1.807) is 0 Å². The van der Waals surface area contributed by atoms with Gasteiger partial charge in [-0.3, -0.25) is 15.0 Å². The topological polar surface area (TPSA) is 46.4 Å². The molecule has 0 bridgehead atoms. The molecule has 2 aromatic carbocycles. The summed E-state index contributed by atoms with van der Waals surface area (Å²) in [4.78, 5) is 14.2. The van der Waals surface area contributed by atoms with Gasteiger partial charge in [-0.2, -0.15) is 0 Å². The fourth-order valence-electron chi connectivity index (χ4n) is 4.32. The van der Waals surface area contributed by atoms with Gasteiger partial charge in [0.2, 0.25) is 5.54 Å². The van der Waals surface area contributed by atoms with Gasteiger partial charge in [-0.05, 0) is 23.1 Å². The van der Waals surface area contributed by atoms with E-state index in [-0.39, 0.29) is 10.8 Å². The second-order valence-electron chi connectivity index (χ2n) is 6.77. The summed E-state index contributed by atoms with van der Waals surface area (Å²) in [5, 5.41) is 11.9. The first-order valence-electron chi connectivity index (χ1n) is 8.18. The Morgan fingerprint density at radius 1 is 1.13 bits per heavy atom. The van der Waals surface area contributed by atoms with Gasteiger partial charge in [0.25, 0.3) is 0 Å². The standard InChI is InChI=1S/C19H20N2O2/c22-21(23)19-11-10-16-8-4-5-9-17(16)18(19)13-20(14-19)12-15-6-2-1-3-7-15/h1-9,18H,10-14H2/t18-,19-/m1/s1. The van der Waals surface area contributed by atoms with Gasteiger partial charge in [0, 0.05) is 24.4 Å². The van der Waals surface area contributed by atoms with Gasteiger partial charge in [0.15, 0.2) is 0 Å².